The molecule has 0 spiro atoms. The molecule has 0 aliphatic heterocycles. The van der Waals surface area contributed by atoms with E-state index in [0.29, 0.717) is 0 Å². The minimum absolute atomic E-state index is 0.0740. The summed E-state index contributed by atoms with van der Waals surface area (Å²) in [6.45, 7) is 8.62. The third-order valence-electron chi connectivity index (χ3n) is 3.28. The summed E-state index contributed by atoms with van der Waals surface area (Å²) in [5.41, 5.74) is 4.39. The van der Waals surface area contributed by atoms with Crippen molar-refractivity contribution < 1.29 is 0 Å². The topological polar surface area (TPSA) is 46.0 Å². The van der Waals surface area contributed by atoms with Gasteiger partial charge < -0.3 is 0 Å². The standard InChI is InChI=1S/C15H18N4/c1-10-6-5-7-11(8-10)14-17-16-13-9-12(15(2,3)4)18-19(13)14/h5-9,18H,1-4H3. The van der Waals surface area contributed by atoms with Crippen LogP contribution in [-0.4, -0.2) is 19.8 Å². The van der Waals surface area contributed by atoms with Gasteiger partial charge in [0.1, 0.15) is 0 Å². The number of aryl methyl sites for hydroxylation is 1. The third-order valence-corrected chi connectivity index (χ3v) is 3.28. The van der Waals surface area contributed by atoms with Crippen molar-refractivity contribution in [3.05, 3.63) is 41.6 Å². The van der Waals surface area contributed by atoms with E-state index in [1.54, 1.807) is 0 Å². The second-order valence-corrected chi connectivity index (χ2v) is 6.01. The number of fused-ring (bicyclic) bond motifs is 1. The predicted molar refractivity (Wildman–Crippen MR) is 76.2 cm³/mol. The van der Waals surface area contributed by atoms with Gasteiger partial charge in [-0.1, -0.05) is 44.5 Å². The number of benzene rings is 1. The van der Waals surface area contributed by atoms with Crippen molar-refractivity contribution in [2.45, 2.75) is 33.1 Å². The first-order valence-electron chi connectivity index (χ1n) is 6.47. The Balaban J connectivity index is 2.17. The van der Waals surface area contributed by atoms with Gasteiger partial charge in [0.15, 0.2) is 11.5 Å². The van der Waals surface area contributed by atoms with Crippen LogP contribution in [0, 0.1) is 6.92 Å². The lowest BCUT2D eigenvalue weighted by Gasteiger charge is -2.15. The van der Waals surface area contributed by atoms with Gasteiger partial charge in [-0.05, 0) is 13.0 Å². The molecule has 0 radical (unpaired) electrons. The van der Waals surface area contributed by atoms with Gasteiger partial charge >= 0.3 is 0 Å². The van der Waals surface area contributed by atoms with Gasteiger partial charge in [-0.2, -0.15) is 0 Å². The van der Waals surface area contributed by atoms with Crippen molar-refractivity contribution in [2.75, 3.05) is 0 Å². The van der Waals surface area contributed by atoms with E-state index in [2.05, 4.69) is 67.3 Å². The molecule has 2 aromatic heterocycles. The van der Waals surface area contributed by atoms with E-state index in [0.717, 1.165) is 22.7 Å². The summed E-state index contributed by atoms with van der Waals surface area (Å²) < 4.78 is 1.95. The molecule has 0 aliphatic rings. The maximum Gasteiger partial charge on any atom is 0.183 e. The zero-order chi connectivity index (χ0) is 13.6. The first-order chi connectivity index (χ1) is 8.95. The number of H-pyrrole nitrogens is 1. The van der Waals surface area contributed by atoms with Gasteiger partial charge in [-0.3, -0.25) is 5.10 Å². The summed E-state index contributed by atoms with van der Waals surface area (Å²) in [6, 6.07) is 10.4. The summed E-state index contributed by atoms with van der Waals surface area (Å²) in [5.74, 6) is 0.856. The van der Waals surface area contributed by atoms with Crippen molar-refractivity contribution in [2.24, 2.45) is 0 Å². The fourth-order valence-corrected chi connectivity index (χ4v) is 2.14. The highest BCUT2D eigenvalue weighted by atomic mass is 15.4. The largest absolute Gasteiger partial charge is 0.294 e. The SMILES string of the molecule is Cc1cccc(-c2nnc3cc(C(C)(C)C)[nH]n23)c1. The van der Waals surface area contributed by atoms with Crippen LogP contribution in [0.2, 0.25) is 0 Å². The highest BCUT2D eigenvalue weighted by Crippen LogP contribution is 2.24. The van der Waals surface area contributed by atoms with Crippen molar-refractivity contribution in [3.8, 4) is 11.4 Å². The van der Waals surface area contributed by atoms with Crippen LogP contribution in [0.25, 0.3) is 17.0 Å². The van der Waals surface area contributed by atoms with E-state index >= 15 is 0 Å². The van der Waals surface area contributed by atoms with Gasteiger partial charge in [0.05, 0.1) is 0 Å². The van der Waals surface area contributed by atoms with E-state index in [9.17, 15) is 0 Å². The highest BCUT2D eigenvalue weighted by molar-refractivity contribution is 5.60. The molecule has 1 N–H and O–H groups in total. The Morgan fingerprint density at radius 3 is 2.58 bits per heavy atom. The Morgan fingerprint density at radius 2 is 1.89 bits per heavy atom. The number of aromatic amines is 1. The number of rotatable bonds is 1. The van der Waals surface area contributed by atoms with Crippen molar-refractivity contribution in [3.63, 3.8) is 0 Å². The maximum absolute atomic E-state index is 4.27. The van der Waals surface area contributed by atoms with Crippen LogP contribution >= 0.6 is 0 Å². The Morgan fingerprint density at radius 1 is 1.11 bits per heavy atom. The quantitative estimate of drug-likeness (QED) is 0.724. The molecular formula is C15H18N4. The highest BCUT2D eigenvalue weighted by Gasteiger charge is 2.19. The van der Waals surface area contributed by atoms with Crippen LogP contribution in [0.1, 0.15) is 32.0 Å². The molecule has 3 rings (SSSR count). The molecule has 4 nitrogen and oxygen atoms in total. The minimum Gasteiger partial charge on any atom is -0.294 e. The van der Waals surface area contributed by atoms with E-state index in [-0.39, 0.29) is 5.41 Å². The zero-order valence-corrected chi connectivity index (χ0v) is 11.7. The molecule has 0 bridgehead atoms. The van der Waals surface area contributed by atoms with E-state index in [1.165, 1.54) is 5.56 Å². The number of hydrogen-bond acceptors (Lipinski definition) is 2. The van der Waals surface area contributed by atoms with Crippen LogP contribution in [0.5, 0.6) is 0 Å². The number of nitrogens with zero attached hydrogens (tertiary/aromatic N) is 3. The summed E-state index contributed by atoms with van der Waals surface area (Å²) in [4.78, 5) is 0. The van der Waals surface area contributed by atoms with Crippen molar-refractivity contribution >= 4 is 5.65 Å². The molecular weight excluding hydrogens is 236 g/mol. The second-order valence-electron chi connectivity index (χ2n) is 6.01. The third kappa shape index (κ3) is 2.03. The predicted octanol–water partition coefficient (Wildman–Crippen LogP) is 3.33. The Bertz CT molecular complexity index is 728. The van der Waals surface area contributed by atoms with Crippen LogP contribution < -0.4 is 0 Å². The molecule has 0 atom stereocenters. The summed E-state index contributed by atoms with van der Waals surface area (Å²) in [5, 5.41) is 11.9. The molecule has 0 unspecified atom stereocenters. The van der Waals surface area contributed by atoms with Crippen molar-refractivity contribution in [1.82, 2.24) is 19.8 Å². The molecule has 0 aliphatic carbocycles. The van der Waals surface area contributed by atoms with Crippen LogP contribution in [-0.2, 0) is 5.41 Å². The average molecular weight is 254 g/mol. The smallest absolute Gasteiger partial charge is 0.183 e. The minimum atomic E-state index is 0.0740. The van der Waals surface area contributed by atoms with Gasteiger partial charge in [-0.25, -0.2) is 4.52 Å². The number of hydrogen-bond donors (Lipinski definition) is 1. The van der Waals surface area contributed by atoms with Gasteiger partial charge in [0, 0.05) is 22.7 Å². The maximum atomic E-state index is 4.27. The molecule has 3 aromatic rings. The summed E-state index contributed by atoms with van der Waals surface area (Å²) in [7, 11) is 0. The molecule has 19 heavy (non-hydrogen) atoms. The molecule has 0 amide bonds. The zero-order valence-electron chi connectivity index (χ0n) is 11.7. The second kappa shape index (κ2) is 3.95. The summed E-state index contributed by atoms with van der Waals surface area (Å²) >= 11 is 0. The van der Waals surface area contributed by atoms with Gasteiger partial charge in [0.2, 0.25) is 0 Å². The van der Waals surface area contributed by atoms with E-state index in [1.807, 2.05) is 10.6 Å². The van der Waals surface area contributed by atoms with Crippen LogP contribution in [0.15, 0.2) is 30.3 Å². The lowest BCUT2D eigenvalue weighted by molar-refractivity contribution is 0.563. The van der Waals surface area contributed by atoms with Gasteiger partial charge in [0.25, 0.3) is 0 Å². The van der Waals surface area contributed by atoms with Crippen LogP contribution in [0.3, 0.4) is 0 Å². The molecule has 1 aromatic carbocycles. The first-order valence-corrected chi connectivity index (χ1v) is 6.47. The Kier molecular flexibility index (Phi) is 2.49. The first kappa shape index (κ1) is 12.0. The molecule has 0 saturated carbocycles. The number of aromatic nitrogens is 4. The monoisotopic (exact) mass is 254 g/mol. The molecule has 0 fully saturated rings. The normalized spacial score (nSPS) is 12.2. The van der Waals surface area contributed by atoms with Crippen molar-refractivity contribution in [1.29, 1.82) is 0 Å². The van der Waals surface area contributed by atoms with E-state index in [4.69, 9.17) is 0 Å². The fourth-order valence-electron chi connectivity index (χ4n) is 2.14. The lowest BCUT2D eigenvalue weighted by atomic mass is 9.93. The fraction of sp³-hybridized carbons (Fsp3) is 0.333. The number of nitrogens with one attached hydrogen (secondary N) is 1. The van der Waals surface area contributed by atoms with Crippen LogP contribution in [0.4, 0.5) is 0 Å². The molecule has 4 heteroatoms. The van der Waals surface area contributed by atoms with E-state index < -0.39 is 0 Å². The Hall–Kier alpha value is -2.10. The Labute approximate surface area is 112 Å². The molecule has 0 saturated heterocycles. The molecule has 98 valence electrons. The lowest BCUT2D eigenvalue weighted by Crippen LogP contribution is -2.12. The average Bonchev–Trinajstić information content (AvgIpc) is 2.86. The molecule has 2 heterocycles. The van der Waals surface area contributed by atoms with Gasteiger partial charge in [-0.15, -0.1) is 10.2 Å². The summed E-state index contributed by atoms with van der Waals surface area (Å²) in [6.07, 6.45) is 0.